The minimum absolute atomic E-state index is 0.0946. The average molecular weight is 360 g/mol. The van der Waals surface area contributed by atoms with Gasteiger partial charge in [-0.2, -0.15) is 0 Å². The van der Waals surface area contributed by atoms with E-state index in [2.05, 4.69) is 5.32 Å². The number of hydrogen-bond donors (Lipinski definition) is 1. The Kier molecular flexibility index (Phi) is 6.21. The molecule has 25 heavy (non-hydrogen) atoms. The molecule has 0 aromatic heterocycles. The molecule has 0 fully saturated rings. The number of esters is 1. The highest BCUT2D eigenvalue weighted by Gasteiger charge is 2.19. The van der Waals surface area contributed by atoms with Gasteiger partial charge in [0.1, 0.15) is 0 Å². The maximum absolute atomic E-state index is 12.3. The van der Waals surface area contributed by atoms with Gasteiger partial charge in [-0.25, -0.2) is 0 Å². The Labute approximate surface area is 153 Å². The predicted octanol–water partition coefficient (Wildman–Crippen LogP) is 4.38. The smallest absolute Gasteiger partial charge is 0.311 e. The largest absolute Gasteiger partial charge is 0.452 e. The molecule has 0 spiro atoms. The van der Waals surface area contributed by atoms with E-state index in [0.717, 1.165) is 27.9 Å². The summed E-state index contributed by atoms with van der Waals surface area (Å²) in [4.78, 5) is 24.3. The Morgan fingerprint density at radius 3 is 2.20 bits per heavy atom. The Morgan fingerprint density at radius 1 is 1.08 bits per heavy atom. The molecular weight excluding hydrogens is 338 g/mol. The highest BCUT2D eigenvalue weighted by atomic mass is 35.5. The molecule has 132 valence electrons. The van der Waals surface area contributed by atoms with Gasteiger partial charge >= 0.3 is 5.97 Å². The van der Waals surface area contributed by atoms with Crippen molar-refractivity contribution in [2.75, 3.05) is 5.32 Å². The lowest BCUT2D eigenvalue weighted by Gasteiger charge is -2.17. The number of amides is 1. The van der Waals surface area contributed by atoms with Crippen molar-refractivity contribution in [3.8, 4) is 0 Å². The van der Waals surface area contributed by atoms with Crippen LogP contribution in [0.2, 0.25) is 5.02 Å². The number of nitrogens with one attached hydrogen (secondary N) is 1. The van der Waals surface area contributed by atoms with Gasteiger partial charge in [-0.1, -0.05) is 41.4 Å². The summed E-state index contributed by atoms with van der Waals surface area (Å²) in [5.41, 5.74) is 4.63. The lowest BCUT2D eigenvalue weighted by molar-refractivity contribution is -0.152. The molecule has 1 N–H and O–H groups in total. The van der Waals surface area contributed by atoms with Gasteiger partial charge in [0.05, 0.1) is 6.42 Å². The van der Waals surface area contributed by atoms with Crippen LogP contribution in [0.15, 0.2) is 36.4 Å². The molecule has 0 saturated heterocycles. The van der Waals surface area contributed by atoms with Crippen LogP contribution in [0.25, 0.3) is 0 Å². The van der Waals surface area contributed by atoms with Gasteiger partial charge in [-0.15, -0.1) is 0 Å². The normalized spacial score (nSPS) is 11.7. The van der Waals surface area contributed by atoms with Crippen LogP contribution in [0.3, 0.4) is 0 Å². The van der Waals surface area contributed by atoms with Crippen LogP contribution >= 0.6 is 11.6 Å². The van der Waals surface area contributed by atoms with E-state index in [-0.39, 0.29) is 12.3 Å². The summed E-state index contributed by atoms with van der Waals surface area (Å²) >= 11 is 5.82. The molecule has 2 aromatic carbocycles. The van der Waals surface area contributed by atoms with Crippen molar-refractivity contribution in [1.82, 2.24) is 0 Å². The molecule has 1 amide bonds. The van der Waals surface area contributed by atoms with Crippen LogP contribution in [-0.2, 0) is 20.7 Å². The summed E-state index contributed by atoms with van der Waals surface area (Å²) in [5.74, 6) is -0.804. The Morgan fingerprint density at radius 2 is 1.64 bits per heavy atom. The quantitative estimate of drug-likeness (QED) is 0.806. The first kappa shape index (κ1) is 19.0. The van der Waals surface area contributed by atoms with Crippen molar-refractivity contribution in [2.24, 2.45) is 0 Å². The number of aryl methyl sites for hydroxylation is 3. The zero-order chi connectivity index (χ0) is 18.6. The molecular formula is C20H22ClNO3. The highest BCUT2D eigenvalue weighted by Crippen LogP contribution is 2.22. The number of anilines is 1. The summed E-state index contributed by atoms with van der Waals surface area (Å²) in [6.45, 7) is 7.44. The first-order valence-corrected chi connectivity index (χ1v) is 8.46. The number of carbonyl (C=O) groups is 2. The zero-order valence-corrected chi connectivity index (χ0v) is 15.6. The second-order valence-corrected chi connectivity index (χ2v) is 6.63. The zero-order valence-electron chi connectivity index (χ0n) is 14.9. The summed E-state index contributed by atoms with van der Waals surface area (Å²) in [5, 5.41) is 3.45. The standard InChI is InChI=1S/C20H22ClNO3/c1-12-9-13(2)19(14(3)10-12)22-20(24)15(4)25-18(23)11-16-5-7-17(21)8-6-16/h5-10,15H,11H2,1-4H3,(H,22,24). The molecule has 0 aliphatic carbocycles. The average Bonchev–Trinajstić information content (AvgIpc) is 2.52. The Bertz CT molecular complexity index is 761. The topological polar surface area (TPSA) is 55.4 Å². The van der Waals surface area contributed by atoms with E-state index in [9.17, 15) is 9.59 Å². The number of rotatable bonds is 5. The van der Waals surface area contributed by atoms with Crippen molar-refractivity contribution < 1.29 is 14.3 Å². The minimum Gasteiger partial charge on any atom is -0.452 e. The maximum Gasteiger partial charge on any atom is 0.311 e. The van der Waals surface area contributed by atoms with Crippen molar-refractivity contribution >= 4 is 29.2 Å². The predicted molar refractivity (Wildman–Crippen MR) is 100.0 cm³/mol. The number of hydrogen-bond acceptors (Lipinski definition) is 3. The summed E-state index contributed by atoms with van der Waals surface area (Å²) in [6, 6.07) is 10.9. The van der Waals surface area contributed by atoms with E-state index in [4.69, 9.17) is 16.3 Å². The van der Waals surface area contributed by atoms with E-state index < -0.39 is 12.1 Å². The van der Waals surface area contributed by atoms with Crippen molar-refractivity contribution in [1.29, 1.82) is 0 Å². The second kappa shape index (κ2) is 8.17. The third-order valence-electron chi connectivity index (χ3n) is 3.86. The fourth-order valence-electron chi connectivity index (χ4n) is 2.66. The van der Waals surface area contributed by atoms with Crippen LogP contribution in [0.4, 0.5) is 5.69 Å². The number of carbonyl (C=O) groups excluding carboxylic acids is 2. The SMILES string of the molecule is Cc1cc(C)c(NC(=O)C(C)OC(=O)Cc2ccc(Cl)cc2)c(C)c1. The van der Waals surface area contributed by atoms with Crippen molar-refractivity contribution in [3.05, 3.63) is 63.7 Å². The second-order valence-electron chi connectivity index (χ2n) is 6.20. The van der Waals surface area contributed by atoms with Crippen LogP contribution in [0.1, 0.15) is 29.2 Å². The molecule has 1 atom stereocenters. The van der Waals surface area contributed by atoms with Crippen LogP contribution in [0, 0.1) is 20.8 Å². The fraction of sp³-hybridized carbons (Fsp3) is 0.300. The molecule has 5 heteroatoms. The van der Waals surface area contributed by atoms with Gasteiger partial charge < -0.3 is 10.1 Å². The van der Waals surface area contributed by atoms with E-state index in [0.29, 0.717) is 5.02 Å². The van der Waals surface area contributed by atoms with Gasteiger partial charge in [0, 0.05) is 10.7 Å². The summed E-state index contributed by atoms with van der Waals surface area (Å²) in [7, 11) is 0. The highest BCUT2D eigenvalue weighted by molar-refractivity contribution is 6.30. The summed E-state index contributed by atoms with van der Waals surface area (Å²) < 4.78 is 5.24. The first-order valence-electron chi connectivity index (χ1n) is 8.09. The fourth-order valence-corrected chi connectivity index (χ4v) is 2.79. The van der Waals surface area contributed by atoms with Gasteiger partial charge in [0.15, 0.2) is 6.10 Å². The van der Waals surface area contributed by atoms with Gasteiger partial charge in [0.25, 0.3) is 5.91 Å². The van der Waals surface area contributed by atoms with E-state index in [1.54, 1.807) is 31.2 Å². The van der Waals surface area contributed by atoms with Crippen LogP contribution in [-0.4, -0.2) is 18.0 Å². The number of halogens is 1. The number of ether oxygens (including phenoxy) is 1. The molecule has 0 radical (unpaired) electrons. The maximum atomic E-state index is 12.3. The molecule has 2 aromatic rings. The Hall–Kier alpha value is -2.33. The summed E-state index contributed by atoms with van der Waals surface area (Å²) in [6.07, 6.45) is -0.780. The molecule has 0 aliphatic heterocycles. The van der Waals surface area contributed by atoms with Gasteiger partial charge in [0.2, 0.25) is 0 Å². The van der Waals surface area contributed by atoms with Gasteiger partial charge in [-0.3, -0.25) is 9.59 Å². The van der Waals surface area contributed by atoms with Crippen LogP contribution in [0.5, 0.6) is 0 Å². The minimum atomic E-state index is -0.875. The van der Waals surface area contributed by atoms with E-state index >= 15 is 0 Å². The van der Waals surface area contributed by atoms with Crippen molar-refractivity contribution in [2.45, 2.75) is 40.2 Å². The molecule has 0 heterocycles. The monoisotopic (exact) mass is 359 g/mol. The molecule has 1 unspecified atom stereocenters. The first-order chi connectivity index (χ1) is 11.8. The molecule has 2 rings (SSSR count). The van der Waals surface area contributed by atoms with E-state index in [1.807, 2.05) is 32.9 Å². The van der Waals surface area contributed by atoms with E-state index in [1.165, 1.54) is 0 Å². The van der Waals surface area contributed by atoms with Crippen molar-refractivity contribution in [3.63, 3.8) is 0 Å². The molecule has 0 aliphatic rings. The third-order valence-corrected chi connectivity index (χ3v) is 4.12. The number of benzene rings is 2. The lowest BCUT2D eigenvalue weighted by atomic mass is 10.0. The third kappa shape index (κ3) is 5.33. The molecule has 0 bridgehead atoms. The van der Waals surface area contributed by atoms with Gasteiger partial charge in [-0.05, 0) is 56.5 Å². The van der Waals surface area contributed by atoms with Crippen LogP contribution < -0.4 is 5.32 Å². The Balaban J connectivity index is 1.96. The molecule has 0 saturated carbocycles. The lowest BCUT2D eigenvalue weighted by Crippen LogP contribution is -2.31. The molecule has 4 nitrogen and oxygen atoms in total.